The third kappa shape index (κ3) is 2.95. The number of hydrogen-bond donors (Lipinski definition) is 1. The van der Waals surface area contributed by atoms with E-state index in [2.05, 4.69) is 35.0 Å². The molecule has 0 spiro atoms. The number of nitrogens with zero attached hydrogens (tertiary/aromatic N) is 2. The zero-order valence-corrected chi connectivity index (χ0v) is 15.7. The lowest BCUT2D eigenvalue weighted by molar-refractivity contribution is 0.108. The molecule has 1 saturated heterocycles. The summed E-state index contributed by atoms with van der Waals surface area (Å²) in [5.41, 5.74) is 11.7. The first-order valence-corrected chi connectivity index (χ1v) is 9.27. The Morgan fingerprint density at radius 3 is 2.65 bits per heavy atom. The summed E-state index contributed by atoms with van der Waals surface area (Å²) in [6.07, 6.45) is 3.85. The molecule has 2 aliphatic rings. The molecule has 2 aromatic rings. The van der Waals surface area contributed by atoms with E-state index in [0.717, 1.165) is 43.1 Å². The summed E-state index contributed by atoms with van der Waals surface area (Å²) in [5, 5.41) is 0. The van der Waals surface area contributed by atoms with Gasteiger partial charge in [-0.25, -0.2) is 0 Å². The van der Waals surface area contributed by atoms with Crippen molar-refractivity contribution in [2.24, 2.45) is 5.73 Å². The Labute approximate surface area is 155 Å². The molecule has 0 amide bonds. The average Bonchev–Trinajstić information content (AvgIpc) is 2.66. The van der Waals surface area contributed by atoms with Crippen LogP contribution in [0.1, 0.15) is 40.8 Å². The van der Waals surface area contributed by atoms with Crippen LogP contribution in [-0.4, -0.2) is 43.2 Å². The summed E-state index contributed by atoms with van der Waals surface area (Å²) in [7, 11) is 3.38. The van der Waals surface area contributed by atoms with E-state index in [-0.39, 0.29) is 12.0 Å². The van der Waals surface area contributed by atoms with Crippen LogP contribution >= 0.6 is 0 Å². The van der Waals surface area contributed by atoms with Gasteiger partial charge >= 0.3 is 0 Å². The highest BCUT2D eigenvalue weighted by Gasteiger charge is 2.39. The van der Waals surface area contributed by atoms with E-state index in [1.807, 2.05) is 12.3 Å². The van der Waals surface area contributed by atoms with Gasteiger partial charge in [-0.15, -0.1) is 0 Å². The average molecular weight is 353 g/mol. The summed E-state index contributed by atoms with van der Waals surface area (Å²) < 4.78 is 11.0. The molecule has 1 aromatic heterocycles. The number of pyridine rings is 1. The van der Waals surface area contributed by atoms with Crippen molar-refractivity contribution < 1.29 is 9.47 Å². The Balaban J connectivity index is 1.64. The fourth-order valence-corrected chi connectivity index (χ4v) is 4.46. The van der Waals surface area contributed by atoms with Crippen molar-refractivity contribution in [2.45, 2.75) is 37.8 Å². The Hall–Kier alpha value is -2.11. The van der Waals surface area contributed by atoms with E-state index in [1.54, 1.807) is 14.2 Å². The molecule has 2 N–H and O–H groups in total. The highest BCUT2D eigenvalue weighted by molar-refractivity contribution is 5.49. The van der Waals surface area contributed by atoms with E-state index in [1.165, 1.54) is 16.7 Å². The molecule has 3 atom stereocenters. The van der Waals surface area contributed by atoms with E-state index < -0.39 is 0 Å². The smallest absolute Gasteiger partial charge is 0.161 e. The van der Waals surface area contributed by atoms with Crippen molar-refractivity contribution in [3.8, 4) is 11.5 Å². The normalized spacial score (nSPS) is 25.3. The molecule has 5 heteroatoms. The second-order valence-electron chi connectivity index (χ2n) is 7.43. The molecule has 26 heavy (non-hydrogen) atoms. The van der Waals surface area contributed by atoms with Crippen LogP contribution in [0.15, 0.2) is 30.5 Å². The molecule has 2 aliphatic heterocycles. The van der Waals surface area contributed by atoms with Crippen LogP contribution in [0.25, 0.3) is 0 Å². The lowest BCUT2D eigenvalue weighted by Crippen LogP contribution is -2.50. The summed E-state index contributed by atoms with van der Waals surface area (Å²) >= 11 is 0. The van der Waals surface area contributed by atoms with E-state index in [9.17, 15) is 0 Å². The van der Waals surface area contributed by atoms with Gasteiger partial charge in [-0.3, -0.25) is 9.88 Å². The van der Waals surface area contributed by atoms with Crippen molar-refractivity contribution in [1.29, 1.82) is 0 Å². The quantitative estimate of drug-likeness (QED) is 0.919. The minimum Gasteiger partial charge on any atom is -0.493 e. The third-order valence-electron chi connectivity index (χ3n) is 5.87. The lowest BCUT2D eigenvalue weighted by Gasteiger charge is -2.46. The third-order valence-corrected chi connectivity index (χ3v) is 5.87. The van der Waals surface area contributed by atoms with Crippen molar-refractivity contribution in [3.05, 3.63) is 52.8 Å². The fraction of sp³-hybridized carbons (Fsp3) is 0.476. The molecule has 0 aliphatic carbocycles. The Bertz CT molecular complexity index is 808. The number of rotatable bonds is 3. The van der Waals surface area contributed by atoms with Gasteiger partial charge in [-0.05, 0) is 60.7 Å². The summed E-state index contributed by atoms with van der Waals surface area (Å²) in [4.78, 5) is 7.16. The van der Waals surface area contributed by atoms with E-state index in [4.69, 9.17) is 15.2 Å². The van der Waals surface area contributed by atoms with Crippen LogP contribution in [0.5, 0.6) is 11.5 Å². The number of aromatic nitrogens is 1. The van der Waals surface area contributed by atoms with Crippen molar-refractivity contribution in [3.63, 3.8) is 0 Å². The standard InChI is InChI=1S/C21H27N3O2/c1-13-4-6-23-18(8-13)16-12-24-7-5-14-9-20(25-2)21(26-3)10-15(14)19(24)11-17(16)22/h4,6,8-10,16-17,19H,5,7,11-12,22H2,1-3H3/t16-,17+,19+/m0/s1. The Morgan fingerprint density at radius 2 is 1.92 bits per heavy atom. The van der Waals surface area contributed by atoms with Crippen LogP contribution in [0, 0.1) is 6.92 Å². The van der Waals surface area contributed by atoms with Gasteiger partial charge in [0, 0.05) is 43.0 Å². The number of piperidine rings is 1. The van der Waals surface area contributed by atoms with Crippen LogP contribution in [0.4, 0.5) is 0 Å². The maximum absolute atomic E-state index is 6.63. The van der Waals surface area contributed by atoms with Gasteiger partial charge in [-0.2, -0.15) is 0 Å². The monoisotopic (exact) mass is 353 g/mol. The number of hydrogen-bond acceptors (Lipinski definition) is 5. The number of benzene rings is 1. The first-order chi connectivity index (χ1) is 12.6. The van der Waals surface area contributed by atoms with Crippen LogP contribution in [0.2, 0.25) is 0 Å². The van der Waals surface area contributed by atoms with Gasteiger partial charge in [0.15, 0.2) is 11.5 Å². The van der Waals surface area contributed by atoms with Crippen LogP contribution in [0.3, 0.4) is 0 Å². The molecule has 0 unspecified atom stereocenters. The topological polar surface area (TPSA) is 60.6 Å². The van der Waals surface area contributed by atoms with Gasteiger partial charge in [0.05, 0.1) is 14.2 Å². The van der Waals surface area contributed by atoms with Crippen molar-refractivity contribution >= 4 is 0 Å². The molecular weight excluding hydrogens is 326 g/mol. The minimum absolute atomic E-state index is 0.101. The maximum Gasteiger partial charge on any atom is 0.161 e. The fourth-order valence-electron chi connectivity index (χ4n) is 4.46. The molecule has 138 valence electrons. The largest absolute Gasteiger partial charge is 0.493 e. The SMILES string of the molecule is COc1cc2c(cc1OC)[C@H]1C[C@@H](N)[C@@H](c3cc(C)ccn3)CN1CC2. The van der Waals surface area contributed by atoms with Gasteiger partial charge in [0.2, 0.25) is 0 Å². The highest BCUT2D eigenvalue weighted by atomic mass is 16.5. The van der Waals surface area contributed by atoms with Gasteiger partial charge in [-0.1, -0.05) is 0 Å². The molecule has 4 rings (SSSR count). The molecule has 3 heterocycles. The summed E-state index contributed by atoms with van der Waals surface area (Å²) in [6.45, 7) is 4.11. The molecule has 1 aromatic carbocycles. The van der Waals surface area contributed by atoms with Crippen LogP contribution < -0.4 is 15.2 Å². The second-order valence-corrected chi connectivity index (χ2v) is 7.43. The molecular formula is C21H27N3O2. The summed E-state index contributed by atoms with van der Waals surface area (Å²) in [6, 6.07) is 8.93. The zero-order valence-electron chi connectivity index (χ0n) is 15.7. The maximum atomic E-state index is 6.63. The first kappa shape index (κ1) is 17.3. The van der Waals surface area contributed by atoms with Gasteiger partial charge in [0.25, 0.3) is 0 Å². The van der Waals surface area contributed by atoms with E-state index in [0.29, 0.717) is 6.04 Å². The predicted octanol–water partition coefficient (Wildman–Crippen LogP) is 2.82. The number of fused-ring (bicyclic) bond motifs is 3. The Kier molecular flexibility index (Phi) is 4.59. The molecule has 0 radical (unpaired) electrons. The van der Waals surface area contributed by atoms with Gasteiger partial charge < -0.3 is 15.2 Å². The molecule has 0 saturated carbocycles. The highest BCUT2D eigenvalue weighted by Crippen LogP contribution is 2.43. The number of ether oxygens (including phenoxy) is 2. The van der Waals surface area contributed by atoms with Crippen molar-refractivity contribution in [2.75, 3.05) is 27.3 Å². The number of aryl methyl sites for hydroxylation is 1. The number of methoxy groups -OCH3 is 2. The van der Waals surface area contributed by atoms with Crippen LogP contribution in [-0.2, 0) is 6.42 Å². The van der Waals surface area contributed by atoms with Crippen molar-refractivity contribution in [1.82, 2.24) is 9.88 Å². The number of nitrogens with two attached hydrogens (primary N) is 1. The molecule has 5 nitrogen and oxygen atoms in total. The lowest BCUT2D eigenvalue weighted by atomic mass is 9.79. The molecule has 1 fully saturated rings. The first-order valence-electron chi connectivity index (χ1n) is 9.27. The second kappa shape index (κ2) is 6.89. The minimum atomic E-state index is 0.101. The van der Waals surface area contributed by atoms with E-state index >= 15 is 0 Å². The molecule has 0 bridgehead atoms. The Morgan fingerprint density at radius 1 is 1.15 bits per heavy atom. The zero-order chi connectivity index (χ0) is 18.3. The van der Waals surface area contributed by atoms with Gasteiger partial charge in [0.1, 0.15) is 0 Å². The predicted molar refractivity (Wildman–Crippen MR) is 102 cm³/mol. The summed E-state index contributed by atoms with van der Waals surface area (Å²) in [5.74, 6) is 1.89.